The zero-order valence-electron chi connectivity index (χ0n) is 15.6. The van der Waals surface area contributed by atoms with E-state index < -0.39 is 17.8 Å². The number of pyridine rings is 1. The van der Waals surface area contributed by atoms with Gasteiger partial charge >= 0.3 is 6.18 Å². The zero-order valence-corrected chi connectivity index (χ0v) is 18.7. The topological polar surface area (TPSA) is 49.6 Å². The Balaban J connectivity index is 2.07. The van der Waals surface area contributed by atoms with E-state index in [1.807, 2.05) is 0 Å². The highest BCUT2D eigenvalue weighted by Crippen LogP contribution is 2.34. The molecule has 11 heteroatoms. The summed E-state index contributed by atoms with van der Waals surface area (Å²) in [5.41, 5.74) is -0.904. The Morgan fingerprint density at radius 3 is 2.50 bits per heavy atom. The monoisotopic (exact) mass is 522 g/mol. The second-order valence-electron chi connectivity index (χ2n) is 6.50. The molecule has 1 amide bonds. The average Bonchev–Trinajstić information content (AvgIpc) is 3.02. The summed E-state index contributed by atoms with van der Waals surface area (Å²) in [7, 11) is 1.71. The Morgan fingerprint density at radius 2 is 1.90 bits per heavy atom. The molecule has 160 valence electrons. The number of hydrogen-bond donors (Lipinski definition) is 1. The molecule has 0 bridgehead atoms. The number of fused-ring (bicyclic) bond motifs is 1. The lowest BCUT2D eigenvalue weighted by atomic mass is 10.2. The standard InChI is InChI=1S/C19H16BrCl2F3N4O/c1-28(9-7-20)10-14-16(19(23,24)25)27-17-13(6-3-8-29(14)17)26-18(30)15-11(21)4-2-5-12(15)22/h2-6,8H,7,9-10H2,1H3,(H,26,30). The summed E-state index contributed by atoms with van der Waals surface area (Å²) in [5.74, 6) is -0.645. The predicted molar refractivity (Wildman–Crippen MR) is 115 cm³/mol. The van der Waals surface area contributed by atoms with E-state index in [1.54, 1.807) is 18.0 Å². The van der Waals surface area contributed by atoms with E-state index in [4.69, 9.17) is 23.2 Å². The van der Waals surface area contributed by atoms with Gasteiger partial charge in [-0.2, -0.15) is 13.2 Å². The first kappa shape index (κ1) is 22.9. The van der Waals surface area contributed by atoms with Crippen LogP contribution in [0.15, 0.2) is 36.5 Å². The predicted octanol–water partition coefficient (Wildman–Crippen LogP) is 5.74. The minimum Gasteiger partial charge on any atom is -0.319 e. The summed E-state index contributed by atoms with van der Waals surface area (Å²) in [6.45, 7) is 0.571. The van der Waals surface area contributed by atoms with Gasteiger partial charge in [-0.15, -0.1) is 0 Å². The Kier molecular flexibility index (Phi) is 6.96. The highest BCUT2D eigenvalue weighted by Gasteiger charge is 2.38. The third-order valence-electron chi connectivity index (χ3n) is 4.34. The number of carbonyl (C=O) groups excluding carboxylic acids is 1. The lowest BCUT2D eigenvalue weighted by molar-refractivity contribution is -0.141. The molecular formula is C19H16BrCl2F3N4O. The first-order chi connectivity index (χ1) is 14.1. The van der Waals surface area contributed by atoms with Gasteiger partial charge in [0, 0.05) is 24.6 Å². The van der Waals surface area contributed by atoms with E-state index in [0.717, 1.165) is 0 Å². The molecule has 3 rings (SSSR count). The third-order valence-corrected chi connectivity index (χ3v) is 5.33. The van der Waals surface area contributed by atoms with Crippen molar-refractivity contribution in [3.05, 3.63) is 63.5 Å². The van der Waals surface area contributed by atoms with Crippen molar-refractivity contribution >= 4 is 56.4 Å². The lowest BCUT2D eigenvalue weighted by Gasteiger charge is -2.16. The molecule has 0 radical (unpaired) electrons. The summed E-state index contributed by atoms with van der Waals surface area (Å²) in [5, 5.41) is 3.44. The Bertz CT molecular complexity index is 1070. The quantitative estimate of drug-likeness (QED) is 0.419. The number of carbonyl (C=O) groups is 1. The maximum atomic E-state index is 13.7. The fourth-order valence-corrected chi connectivity index (χ4v) is 4.15. The SMILES string of the molecule is CN(CCBr)Cc1c(C(F)(F)F)nc2c(NC(=O)c3c(Cl)cccc3Cl)cccn12. The van der Waals surface area contributed by atoms with E-state index in [2.05, 4.69) is 26.2 Å². The first-order valence-corrected chi connectivity index (χ1v) is 10.6. The number of anilines is 1. The molecule has 30 heavy (non-hydrogen) atoms. The highest BCUT2D eigenvalue weighted by molar-refractivity contribution is 9.09. The van der Waals surface area contributed by atoms with Crippen LogP contribution < -0.4 is 5.32 Å². The van der Waals surface area contributed by atoms with Crippen LogP contribution >= 0.6 is 39.1 Å². The molecule has 0 saturated carbocycles. The second kappa shape index (κ2) is 9.13. The molecule has 0 unspecified atom stereocenters. The molecule has 5 nitrogen and oxygen atoms in total. The average molecular weight is 524 g/mol. The third kappa shape index (κ3) is 4.74. The van der Waals surface area contributed by atoms with Gasteiger partial charge in [0.25, 0.3) is 5.91 Å². The Labute approximate surface area is 188 Å². The van der Waals surface area contributed by atoms with Gasteiger partial charge in [-0.05, 0) is 31.3 Å². The number of nitrogens with zero attached hydrogens (tertiary/aromatic N) is 3. The van der Waals surface area contributed by atoms with Crippen molar-refractivity contribution in [1.82, 2.24) is 14.3 Å². The van der Waals surface area contributed by atoms with Crippen molar-refractivity contribution in [2.75, 3.05) is 24.2 Å². The summed E-state index contributed by atoms with van der Waals surface area (Å²) in [4.78, 5) is 18.2. The summed E-state index contributed by atoms with van der Waals surface area (Å²) in [6, 6.07) is 7.59. The van der Waals surface area contributed by atoms with Crippen LogP contribution in [0.3, 0.4) is 0 Å². The summed E-state index contributed by atoms with van der Waals surface area (Å²) >= 11 is 15.4. The van der Waals surface area contributed by atoms with Crippen LogP contribution in [-0.2, 0) is 12.7 Å². The van der Waals surface area contributed by atoms with Crippen LogP contribution in [0, 0.1) is 0 Å². The number of amides is 1. The minimum absolute atomic E-state index is 0.0205. The fourth-order valence-electron chi connectivity index (χ4n) is 2.97. The molecule has 0 spiro atoms. The molecule has 2 aromatic heterocycles. The number of nitrogens with one attached hydrogen (secondary N) is 1. The number of imidazole rings is 1. The van der Waals surface area contributed by atoms with Gasteiger partial charge in [0.1, 0.15) is 0 Å². The zero-order chi connectivity index (χ0) is 22.1. The smallest absolute Gasteiger partial charge is 0.319 e. The molecule has 3 aromatic rings. The van der Waals surface area contributed by atoms with Gasteiger partial charge in [-0.1, -0.05) is 45.2 Å². The van der Waals surface area contributed by atoms with Crippen molar-refractivity contribution in [1.29, 1.82) is 0 Å². The van der Waals surface area contributed by atoms with Crippen LogP contribution in [0.25, 0.3) is 5.65 Å². The second-order valence-corrected chi connectivity index (χ2v) is 8.11. The van der Waals surface area contributed by atoms with Crippen molar-refractivity contribution in [3.63, 3.8) is 0 Å². The van der Waals surface area contributed by atoms with Crippen LogP contribution in [0.4, 0.5) is 18.9 Å². The van der Waals surface area contributed by atoms with Crippen LogP contribution in [-0.4, -0.2) is 39.1 Å². The van der Waals surface area contributed by atoms with E-state index >= 15 is 0 Å². The van der Waals surface area contributed by atoms with E-state index in [9.17, 15) is 18.0 Å². The highest BCUT2D eigenvalue weighted by atomic mass is 79.9. The number of hydrogen-bond acceptors (Lipinski definition) is 3. The molecule has 0 aliphatic rings. The number of aromatic nitrogens is 2. The lowest BCUT2D eigenvalue weighted by Crippen LogP contribution is -2.23. The molecule has 0 aliphatic heterocycles. The maximum Gasteiger partial charge on any atom is 0.435 e. The van der Waals surface area contributed by atoms with Gasteiger partial charge in [0.2, 0.25) is 0 Å². The minimum atomic E-state index is -4.65. The summed E-state index contributed by atoms with van der Waals surface area (Å²) < 4.78 is 42.3. The van der Waals surface area contributed by atoms with Gasteiger partial charge in [-0.25, -0.2) is 4.98 Å². The Morgan fingerprint density at radius 1 is 1.23 bits per heavy atom. The largest absolute Gasteiger partial charge is 0.435 e. The van der Waals surface area contributed by atoms with Crippen LogP contribution in [0.2, 0.25) is 10.0 Å². The number of benzene rings is 1. The Hall–Kier alpha value is -1.81. The van der Waals surface area contributed by atoms with Gasteiger partial charge in [0.15, 0.2) is 11.3 Å². The number of alkyl halides is 4. The van der Waals surface area contributed by atoms with Crippen molar-refractivity contribution in [2.45, 2.75) is 12.7 Å². The molecular weight excluding hydrogens is 508 g/mol. The first-order valence-electron chi connectivity index (χ1n) is 8.70. The molecule has 1 aromatic carbocycles. The number of rotatable bonds is 6. The molecule has 0 aliphatic carbocycles. The number of halogens is 6. The van der Waals surface area contributed by atoms with Crippen molar-refractivity contribution in [3.8, 4) is 0 Å². The van der Waals surface area contributed by atoms with Crippen molar-refractivity contribution in [2.24, 2.45) is 0 Å². The molecule has 0 atom stereocenters. The van der Waals surface area contributed by atoms with Gasteiger partial charge in [0.05, 0.1) is 27.0 Å². The molecule has 0 saturated heterocycles. The van der Waals surface area contributed by atoms with Crippen LogP contribution in [0.5, 0.6) is 0 Å². The van der Waals surface area contributed by atoms with E-state index in [1.165, 1.54) is 34.9 Å². The van der Waals surface area contributed by atoms with Crippen LogP contribution in [0.1, 0.15) is 21.7 Å². The van der Waals surface area contributed by atoms with E-state index in [-0.39, 0.29) is 39.2 Å². The maximum absolute atomic E-state index is 13.7. The van der Waals surface area contributed by atoms with Gasteiger partial charge in [-0.3, -0.25) is 9.69 Å². The normalized spacial score (nSPS) is 12.0. The fraction of sp³-hybridized carbons (Fsp3) is 0.263. The molecule has 0 fully saturated rings. The molecule has 2 heterocycles. The summed E-state index contributed by atoms with van der Waals surface area (Å²) in [6.07, 6.45) is -3.17. The van der Waals surface area contributed by atoms with Crippen molar-refractivity contribution < 1.29 is 18.0 Å². The molecule has 1 N–H and O–H groups in total. The van der Waals surface area contributed by atoms with Gasteiger partial charge < -0.3 is 9.72 Å². The van der Waals surface area contributed by atoms with E-state index in [0.29, 0.717) is 11.9 Å².